The number of benzene rings is 1. The molecule has 1 aromatic rings. The minimum atomic E-state index is -1.38. The number of carbonyl (C=O) groups excluding carboxylic acids is 1. The quantitative estimate of drug-likeness (QED) is 0.764. The first-order valence-electron chi connectivity index (χ1n) is 6.11. The standard InChI is InChI=1S/C14H19NO4/c1-4-9-19-12-7-5-11(6-8-12)14(2,13(17)18)15(3)10-16/h5-8,10H,4,9H2,1-3H3,(H,17,18). The highest BCUT2D eigenvalue weighted by Crippen LogP contribution is 2.28. The first kappa shape index (κ1) is 15.0. The highest BCUT2D eigenvalue weighted by atomic mass is 16.5. The van der Waals surface area contributed by atoms with Gasteiger partial charge in [-0.25, -0.2) is 4.79 Å². The molecule has 0 bridgehead atoms. The highest BCUT2D eigenvalue weighted by Gasteiger charge is 2.39. The van der Waals surface area contributed by atoms with Crippen molar-refractivity contribution in [3.05, 3.63) is 29.8 Å². The molecule has 0 spiro atoms. The van der Waals surface area contributed by atoms with Crippen LogP contribution in [0.4, 0.5) is 0 Å². The predicted octanol–water partition coefficient (Wildman–Crippen LogP) is 1.86. The van der Waals surface area contributed by atoms with E-state index in [1.54, 1.807) is 24.3 Å². The number of hydrogen-bond acceptors (Lipinski definition) is 3. The molecule has 1 N–H and O–H groups in total. The molecule has 1 atom stereocenters. The number of rotatable bonds is 7. The van der Waals surface area contributed by atoms with Crippen molar-refractivity contribution in [1.82, 2.24) is 4.90 Å². The molecule has 0 aromatic heterocycles. The maximum Gasteiger partial charge on any atom is 0.334 e. The van der Waals surface area contributed by atoms with Gasteiger partial charge in [-0.15, -0.1) is 0 Å². The molecule has 19 heavy (non-hydrogen) atoms. The van der Waals surface area contributed by atoms with Gasteiger partial charge in [0.15, 0.2) is 5.54 Å². The first-order chi connectivity index (χ1) is 8.96. The second-order valence-corrected chi connectivity index (χ2v) is 4.47. The SMILES string of the molecule is CCCOc1ccc(C(C)(C(=O)O)N(C)C=O)cc1. The number of carboxylic acids is 1. The van der Waals surface area contributed by atoms with Crippen molar-refractivity contribution in [2.75, 3.05) is 13.7 Å². The number of likely N-dealkylation sites (N-methyl/N-ethyl adjacent to an activating group) is 1. The van der Waals surface area contributed by atoms with Crippen molar-refractivity contribution >= 4 is 12.4 Å². The molecule has 0 saturated heterocycles. The van der Waals surface area contributed by atoms with Crippen molar-refractivity contribution in [2.24, 2.45) is 0 Å². The summed E-state index contributed by atoms with van der Waals surface area (Å²) in [5.41, 5.74) is -0.858. The van der Waals surface area contributed by atoms with Gasteiger partial charge >= 0.3 is 5.97 Å². The molecule has 1 rings (SSSR count). The van der Waals surface area contributed by atoms with Crippen LogP contribution in [-0.2, 0) is 15.1 Å². The third kappa shape index (κ3) is 3.05. The summed E-state index contributed by atoms with van der Waals surface area (Å²) < 4.78 is 5.44. The Morgan fingerprint density at radius 1 is 1.42 bits per heavy atom. The Labute approximate surface area is 112 Å². The van der Waals surface area contributed by atoms with Crippen LogP contribution >= 0.6 is 0 Å². The Balaban J connectivity index is 3.05. The average molecular weight is 265 g/mol. The number of aliphatic carboxylic acids is 1. The van der Waals surface area contributed by atoms with Crippen LogP contribution in [-0.4, -0.2) is 36.0 Å². The lowest BCUT2D eigenvalue weighted by molar-refractivity contribution is -0.153. The summed E-state index contributed by atoms with van der Waals surface area (Å²) in [4.78, 5) is 23.5. The normalized spacial score (nSPS) is 13.4. The van der Waals surface area contributed by atoms with E-state index in [9.17, 15) is 14.7 Å². The minimum absolute atomic E-state index is 0.510. The second-order valence-electron chi connectivity index (χ2n) is 4.47. The van der Waals surface area contributed by atoms with Gasteiger partial charge in [-0.05, 0) is 31.0 Å². The minimum Gasteiger partial charge on any atom is -0.494 e. The van der Waals surface area contributed by atoms with Gasteiger partial charge in [0.25, 0.3) is 0 Å². The van der Waals surface area contributed by atoms with Gasteiger partial charge < -0.3 is 14.7 Å². The van der Waals surface area contributed by atoms with E-state index in [0.717, 1.165) is 11.3 Å². The van der Waals surface area contributed by atoms with Gasteiger partial charge in [-0.3, -0.25) is 4.79 Å². The molecular weight excluding hydrogens is 246 g/mol. The third-order valence-electron chi connectivity index (χ3n) is 3.17. The molecule has 0 radical (unpaired) electrons. The summed E-state index contributed by atoms with van der Waals surface area (Å²) in [6, 6.07) is 6.76. The Kier molecular flexibility index (Phi) is 4.92. The Bertz CT molecular complexity index is 443. The monoisotopic (exact) mass is 265 g/mol. The summed E-state index contributed by atoms with van der Waals surface area (Å²) in [7, 11) is 1.45. The molecule has 0 aliphatic rings. The molecule has 5 heteroatoms. The van der Waals surface area contributed by atoms with E-state index in [-0.39, 0.29) is 0 Å². The summed E-state index contributed by atoms with van der Waals surface area (Å²) in [5, 5.41) is 9.37. The van der Waals surface area contributed by atoms with Crippen molar-refractivity contribution in [1.29, 1.82) is 0 Å². The Morgan fingerprint density at radius 2 is 2.00 bits per heavy atom. The van der Waals surface area contributed by atoms with Gasteiger partial charge in [0.05, 0.1) is 6.61 Å². The van der Waals surface area contributed by atoms with Gasteiger partial charge in [0, 0.05) is 7.05 Å². The number of amides is 1. The van der Waals surface area contributed by atoms with Crippen LogP contribution in [0.5, 0.6) is 5.75 Å². The molecule has 0 heterocycles. The summed E-state index contributed by atoms with van der Waals surface area (Å²) in [6.07, 6.45) is 1.41. The lowest BCUT2D eigenvalue weighted by Gasteiger charge is -2.32. The predicted molar refractivity (Wildman–Crippen MR) is 71.0 cm³/mol. The maximum atomic E-state index is 11.4. The molecule has 0 aliphatic heterocycles. The van der Waals surface area contributed by atoms with E-state index in [2.05, 4.69) is 0 Å². The number of carbonyl (C=O) groups is 2. The molecule has 1 unspecified atom stereocenters. The molecule has 1 amide bonds. The van der Waals surface area contributed by atoms with Crippen LogP contribution in [0.3, 0.4) is 0 Å². The molecule has 0 saturated carbocycles. The fraction of sp³-hybridized carbons (Fsp3) is 0.429. The largest absolute Gasteiger partial charge is 0.494 e. The zero-order chi connectivity index (χ0) is 14.5. The fourth-order valence-corrected chi connectivity index (χ4v) is 1.68. The van der Waals surface area contributed by atoms with E-state index in [4.69, 9.17) is 4.74 Å². The highest BCUT2D eigenvalue weighted by molar-refractivity contribution is 5.82. The van der Waals surface area contributed by atoms with Crippen molar-refractivity contribution < 1.29 is 19.4 Å². The maximum absolute atomic E-state index is 11.4. The second kappa shape index (κ2) is 6.22. The van der Waals surface area contributed by atoms with Crippen LogP contribution in [0.25, 0.3) is 0 Å². The lowest BCUT2D eigenvalue weighted by Crippen LogP contribution is -2.47. The van der Waals surface area contributed by atoms with Gasteiger partial charge in [0.1, 0.15) is 5.75 Å². The number of carboxylic acid groups (broad SMARTS) is 1. The molecule has 0 fully saturated rings. The van der Waals surface area contributed by atoms with Gasteiger partial charge in [-0.1, -0.05) is 19.1 Å². The van der Waals surface area contributed by atoms with Gasteiger partial charge in [0.2, 0.25) is 6.41 Å². The third-order valence-corrected chi connectivity index (χ3v) is 3.17. The fourth-order valence-electron chi connectivity index (χ4n) is 1.68. The molecule has 0 aliphatic carbocycles. The Morgan fingerprint density at radius 3 is 2.42 bits per heavy atom. The van der Waals surface area contributed by atoms with E-state index in [1.165, 1.54) is 14.0 Å². The lowest BCUT2D eigenvalue weighted by atomic mass is 9.91. The number of nitrogens with zero attached hydrogens (tertiary/aromatic N) is 1. The average Bonchev–Trinajstić information content (AvgIpc) is 2.43. The van der Waals surface area contributed by atoms with E-state index < -0.39 is 11.5 Å². The van der Waals surface area contributed by atoms with E-state index in [1.807, 2.05) is 6.92 Å². The topological polar surface area (TPSA) is 66.8 Å². The van der Waals surface area contributed by atoms with Crippen molar-refractivity contribution in [3.63, 3.8) is 0 Å². The van der Waals surface area contributed by atoms with Crippen LogP contribution in [0, 0.1) is 0 Å². The van der Waals surface area contributed by atoms with E-state index >= 15 is 0 Å². The summed E-state index contributed by atoms with van der Waals surface area (Å²) in [6.45, 7) is 4.12. The smallest absolute Gasteiger partial charge is 0.334 e. The van der Waals surface area contributed by atoms with Crippen molar-refractivity contribution in [2.45, 2.75) is 25.8 Å². The number of ether oxygens (including phenoxy) is 1. The zero-order valence-electron chi connectivity index (χ0n) is 11.4. The van der Waals surface area contributed by atoms with Crippen LogP contribution < -0.4 is 4.74 Å². The van der Waals surface area contributed by atoms with Crippen molar-refractivity contribution in [3.8, 4) is 5.75 Å². The van der Waals surface area contributed by atoms with Crippen LogP contribution in [0.15, 0.2) is 24.3 Å². The number of hydrogen-bond donors (Lipinski definition) is 1. The molecule has 5 nitrogen and oxygen atoms in total. The Hall–Kier alpha value is -2.04. The molecule has 1 aromatic carbocycles. The van der Waals surface area contributed by atoms with Crippen LogP contribution in [0.1, 0.15) is 25.8 Å². The van der Waals surface area contributed by atoms with E-state index in [0.29, 0.717) is 24.3 Å². The first-order valence-corrected chi connectivity index (χ1v) is 6.11. The molecule has 104 valence electrons. The van der Waals surface area contributed by atoms with Gasteiger partial charge in [-0.2, -0.15) is 0 Å². The summed E-state index contributed by atoms with van der Waals surface area (Å²) >= 11 is 0. The van der Waals surface area contributed by atoms with Crippen LogP contribution in [0.2, 0.25) is 0 Å². The zero-order valence-corrected chi connectivity index (χ0v) is 11.4. The summed E-state index contributed by atoms with van der Waals surface area (Å²) in [5.74, 6) is -0.392. The molecular formula is C14H19NO4.